The molecule has 9 nitrogen and oxygen atoms in total. The Labute approximate surface area is 219 Å². The topological polar surface area (TPSA) is 85.9 Å². The Morgan fingerprint density at radius 3 is 2.44 bits per heavy atom. The summed E-state index contributed by atoms with van der Waals surface area (Å²) >= 11 is 12.7. The molecule has 2 atom stereocenters. The highest BCUT2D eigenvalue weighted by Gasteiger charge is 2.33. The van der Waals surface area contributed by atoms with Gasteiger partial charge in [-0.2, -0.15) is 4.98 Å². The highest BCUT2D eigenvalue weighted by molar-refractivity contribution is 6.40. The number of piperazine rings is 1. The van der Waals surface area contributed by atoms with Gasteiger partial charge in [0.2, 0.25) is 5.95 Å². The van der Waals surface area contributed by atoms with Gasteiger partial charge in [-0.05, 0) is 36.4 Å². The van der Waals surface area contributed by atoms with Gasteiger partial charge in [0, 0.05) is 49.8 Å². The van der Waals surface area contributed by atoms with Gasteiger partial charge in [-0.15, -0.1) is 0 Å². The van der Waals surface area contributed by atoms with Crippen molar-refractivity contribution in [3.05, 3.63) is 64.3 Å². The molecule has 1 amide bonds. The third kappa shape index (κ3) is 4.32. The van der Waals surface area contributed by atoms with E-state index in [2.05, 4.69) is 37.6 Å². The molecule has 2 fully saturated rings. The Balaban J connectivity index is 1.19. The zero-order chi connectivity index (χ0) is 24.8. The summed E-state index contributed by atoms with van der Waals surface area (Å²) in [7, 11) is 1.86. The highest BCUT2D eigenvalue weighted by atomic mass is 35.5. The van der Waals surface area contributed by atoms with Crippen molar-refractivity contribution in [2.45, 2.75) is 12.1 Å². The van der Waals surface area contributed by atoms with Crippen LogP contribution in [-0.4, -0.2) is 68.0 Å². The van der Waals surface area contributed by atoms with Crippen LogP contribution in [0.25, 0.3) is 0 Å². The fourth-order valence-electron chi connectivity index (χ4n) is 4.98. The molecule has 3 aromatic rings. The van der Waals surface area contributed by atoms with Gasteiger partial charge in [0.1, 0.15) is 11.4 Å². The minimum Gasteiger partial charge on any atom is -0.378 e. The van der Waals surface area contributed by atoms with E-state index in [1.165, 1.54) is 11.9 Å². The number of nitrogens with zero attached hydrogens (tertiary/aromatic N) is 5. The maximum absolute atomic E-state index is 13.3. The Kier molecular flexibility index (Phi) is 6.08. The van der Waals surface area contributed by atoms with Gasteiger partial charge in [0.15, 0.2) is 0 Å². The Bertz CT molecular complexity index is 1270. The fraction of sp³-hybridized carbons (Fsp3) is 0.320. The number of carbonyl (C=O) groups is 1. The monoisotopic (exact) mass is 525 g/mol. The number of benzene rings is 2. The van der Waals surface area contributed by atoms with Crippen molar-refractivity contribution < 1.29 is 9.53 Å². The minimum atomic E-state index is -0.250. The molecule has 3 aliphatic rings. The first-order chi connectivity index (χ1) is 17.5. The number of hydrogen-bond acceptors (Lipinski definition) is 8. The van der Waals surface area contributed by atoms with Crippen molar-refractivity contribution in [3.8, 4) is 0 Å². The van der Waals surface area contributed by atoms with Gasteiger partial charge in [0.25, 0.3) is 5.91 Å². The van der Waals surface area contributed by atoms with Crippen LogP contribution in [-0.2, 0) is 4.74 Å². The Morgan fingerprint density at radius 1 is 1.06 bits per heavy atom. The number of rotatable bonds is 4. The lowest BCUT2D eigenvalue weighted by atomic mass is 10.1. The molecule has 0 radical (unpaired) electrons. The van der Waals surface area contributed by atoms with Crippen LogP contribution in [0, 0.1) is 0 Å². The molecule has 2 N–H and O–H groups in total. The number of anilines is 5. The van der Waals surface area contributed by atoms with E-state index in [0.717, 1.165) is 32.0 Å². The number of fused-ring (bicyclic) bond motifs is 3. The van der Waals surface area contributed by atoms with Crippen LogP contribution in [0.5, 0.6) is 0 Å². The first kappa shape index (κ1) is 23.3. The summed E-state index contributed by atoms with van der Waals surface area (Å²) in [4.78, 5) is 28.1. The first-order valence-electron chi connectivity index (χ1n) is 11.8. The average molecular weight is 526 g/mol. The number of amides is 1. The predicted molar refractivity (Wildman–Crippen MR) is 142 cm³/mol. The summed E-state index contributed by atoms with van der Waals surface area (Å²) in [5.41, 5.74) is 2.90. The van der Waals surface area contributed by atoms with Crippen molar-refractivity contribution in [3.63, 3.8) is 0 Å². The van der Waals surface area contributed by atoms with Crippen LogP contribution in [0.3, 0.4) is 0 Å². The molecule has 2 saturated heterocycles. The van der Waals surface area contributed by atoms with E-state index in [4.69, 9.17) is 27.9 Å². The van der Waals surface area contributed by atoms with Crippen LogP contribution >= 0.6 is 23.2 Å². The van der Waals surface area contributed by atoms with Gasteiger partial charge in [-0.25, -0.2) is 4.98 Å². The SMILES string of the molecule is CN1CN(c2c(Cl)cccc2Cl)C(=O)c2cnc(Nc3ccc(N4CC5COCC(C4)N5)cc3)nc21. The molecule has 36 heavy (non-hydrogen) atoms. The molecule has 186 valence electrons. The van der Waals surface area contributed by atoms with Crippen molar-refractivity contribution in [2.75, 3.05) is 60.0 Å². The largest absolute Gasteiger partial charge is 0.378 e. The van der Waals surface area contributed by atoms with E-state index in [-0.39, 0.29) is 12.6 Å². The second-order valence-electron chi connectivity index (χ2n) is 9.25. The van der Waals surface area contributed by atoms with E-state index >= 15 is 0 Å². The van der Waals surface area contributed by atoms with Crippen LogP contribution in [0.15, 0.2) is 48.7 Å². The standard InChI is InChI=1S/C25H25Cl2N7O2/c1-32-14-34(22-20(26)3-2-4-21(22)27)24(35)19-9-28-25(31-23(19)32)30-15-5-7-18(8-6-15)33-10-16-12-36-13-17(11-33)29-16/h2-9,16-17,29H,10-14H2,1H3,(H,28,30,31). The van der Waals surface area contributed by atoms with Gasteiger partial charge in [-0.3, -0.25) is 9.69 Å². The molecule has 2 bridgehead atoms. The average Bonchev–Trinajstić information content (AvgIpc) is 2.87. The molecular formula is C25H25Cl2N7O2. The maximum Gasteiger partial charge on any atom is 0.265 e. The van der Waals surface area contributed by atoms with Crippen LogP contribution in [0.4, 0.5) is 28.8 Å². The molecule has 0 aliphatic carbocycles. The predicted octanol–water partition coefficient (Wildman–Crippen LogP) is 3.76. The molecular weight excluding hydrogens is 501 g/mol. The second-order valence-corrected chi connectivity index (χ2v) is 10.1. The van der Waals surface area contributed by atoms with Gasteiger partial charge >= 0.3 is 0 Å². The zero-order valence-electron chi connectivity index (χ0n) is 19.6. The summed E-state index contributed by atoms with van der Waals surface area (Å²) in [6, 6.07) is 14.1. The number of nitrogens with one attached hydrogen (secondary N) is 2. The number of hydrogen-bond donors (Lipinski definition) is 2. The Morgan fingerprint density at radius 2 is 1.75 bits per heavy atom. The highest BCUT2D eigenvalue weighted by Crippen LogP contribution is 2.37. The number of carbonyl (C=O) groups excluding carboxylic acids is 1. The van der Waals surface area contributed by atoms with Crippen molar-refractivity contribution in [2.24, 2.45) is 0 Å². The molecule has 0 spiro atoms. The Hall–Kier alpha value is -3.11. The van der Waals surface area contributed by atoms with E-state index in [9.17, 15) is 4.79 Å². The molecule has 1 aromatic heterocycles. The number of halogens is 2. The quantitative estimate of drug-likeness (QED) is 0.532. The van der Waals surface area contributed by atoms with E-state index in [1.54, 1.807) is 23.1 Å². The van der Waals surface area contributed by atoms with Crippen molar-refractivity contribution >= 4 is 57.9 Å². The van der Waals surface area contributed by atoms with Crippen LogP contribution in [0.1, 0.15) is 10.4 Å². The molecule has 0 saturated carbocycles. The lowest BCUT2D eigenvalue weighted by Crippen LogP contribution is -2.62. The first-order valence-corrected chi connectivity index (χ1v) is 12.5. The molecule has 2 aromatic carbocycles. The summed E-state index contributed by atoms with van der Waals surface area (Å²) < 4.78 is 5.65. The molecule has 11 heteroatoms. The smallest absolute Gasteiger partial charge is 0.265 e. The van der Waals surface area contributed by atoms with Crippen molar-refractivity contribution in [1.29, 1.82) is 0 Å². The van der Waals surface area contributed by atoms with Gasteiger partial charge in [0.05, 0.1) is 35.6 Å². The molecule has 6 rings (SSSR count). The number of aromatic nitrogens is 2. The van der Waals surface area contributed by atoms with Crippen LogP contribution in [0.2, 0.25) is 10.0 Å². The molecule has 4 heterocycles. The number of para-hydroxylation sites is 1. The minimum absolute atomic E-state index is 0.250. The number of morpholine rings is 1. The lowest BCUT2D eigenvalue weighted by molar-refractivity contribution is 0.0376. The number of ether oxygens (including phenoxy) is 1. The fourth-order valence-corrected chi connectivity index (χ4v) is 5.58. The van der Waals surface area contributed by atoms with E-state index in [0.29, 0.717) is 45.1 Å². The van der Waals surface area contributed by atoms with Gasteiger partial charge in [-0.1, -0.05) is 29.3 Å². The molecule has 2 unspecified atom stereocenters. The summed E-state index contributed by atoms with van der Waals surface area (Å²) in [6.45, 7) is 3.62. The summed E-state index contributed by atoms with van der Waals surface area (Å²) in [6.07, 6.45) is 1.54. The van der Waals surface area contributed by atoms with E-state index < -0.39 is 0 Å². The van der Waals surface area contributed by atoms with Crippen LogP contribution < -0.4 is 25.3 Å². The van der Waals surface area contributed by atoms with Crippen molar-refractivity contribution in [1.82, 2.24) is 15.3 Å². The molecule has 3 aliphatic heterocycles. The second kappa shape index (κ2) is 9.40. The van der Waals surface area contributed by atoms with Gasteiger partial charge < -0.3 is 25.2 Å². The zero-order valence-corrected chi connectivity index (χ0v) is 21.1. The van der Waals surface area contributed by atoms with E-state index in [1.807, 2.05) is 24.1 Å². The normalized spacial score (nSPS) is 21.4. The third-order valence-corrected chi connectivity index (χ3v) is 7.26. The third-order valence-electron chi connectivity index (χ3n) is 6.65. The summed E-state index contributed by atoms with van der Waals surface area (Å²) in [5, 5.41) is 7.68. The lowest BCUT2D eigenvalue weighted by Gasteiger charge is -2.43. The maximum atomic E-state index is 13.3. The summed E-state index contributed by atoms with van der Waals surface area (Å²) in [5.74, 6) is 0.711.